The van der Waals surface area contributed by atoms with Crippen LogP contribution in [0.5, 0.6) is 23.0 Å². The van der Waals surface area contributed by atoms with Crippen molar-refractivity contribution in [1.82, 2.24) is 10.6 Å². The van der Waals surface area contributed by atoms with Crippen LogP contribution >= 0.6 is 0 Å². The second-order valence-electron chi connectivity index (χ2n) is 9.68. The van der Waals surface area contributed by atoms with Crippen LogP contribution in [-0.2, 0) is 26.3 Å². The molecule has 6 N–H and O–H groups in total. The van der Waals surface area contributed by atoms with E-state index in [0.717, 1.165) is 6.42 Å². The van der Waals surface area contributed by atoms with Crippen LogP contribution in [0.2, 0.25) is 0 Å². The third-order valence-corrected chi connectivity index (χ3v) is 7.14. The highest BCUT2D eigenvalue weighted by Crippen LogP contribution is 2.57. The predicted molar refractivity (Wildman–Crippen MR) is 141 cm³/mol. The van der Waals surface area contributed by atoms with E-state index in [-0.39, 0.29) is 35.3 Å². The van der Waals surface area contributed by atoms with Crippen LogP contribution in [-0.4, -0.2) is 47.6 Å². The van der Waals surface area contributed by atoms with E-state index in [1.807, 2.05) is 0 Å². The van der Waals surface area contributed by atoms with Gasteiger partial charge in [0.1, 0.15) is 23.0 Å². The molecule has 2 aliphatic rings. The summed E-state index contributed by atoms with van der Waals surface area (Å²) in [6.45, 7) is 0.454. The Hall–Kier alpha value is -4.57. The number of unbranched alkanes of at least 4 members (excludes halogenated alkanes) is 1. The van der Waals surface area contributed by atoms with Gasteiger partial charge in [0, 0.05) is 35.4 Å². The Kier molecular flexibility index (Phi) is 6.88. The number of benzene rings is 3. The SMILES string of the molecule is CN[C@@H](CCCCNC(=O)Cc1ccc2c(c1)C1(OC2=O)c2ccc(O)cc2Oc2cc(O)ccc21)C(N)=O. The van der Waals surface area contributed by atoms with Crippen LogP contribution in [0.15, 0.2) is 54.6 Å². The van der Waals surface area contributed by atoms with Crippen LogP contribution in [0.25, 0.3) is 0 Å². The summed E-state index contributed by atoms with van der Waals surface area (Å²) in [6.07, 6.45) is 2.09. The van der Waals surface area contributed by atoms with Gasteiger partial charge in [0.25, 0.3) is 0 Å². The summed E-state index contributed by atoms with van der Waals surface area (Å²) >= 11 is 0. The molecular formula is C29H29N3O7. The Morgan fingerprint density at radius 3 is 2.23 bits per heavy atom. The van der Waals surface area contributed by atoms with Gasteiger partial charge in [0.05, 0.1) is 18.0 Å². The second-order valence-corrected chi connectivity index (χ2v) is 9.68. The molecule has 0 saturated heterocycles. The number of primary amides is 1. The van der Waals surface area contributed by atoms with E-state index in [1.165, 1.54) is 24.3 Å². The first-order valence-electron chi connectivity index (χ1n) is 12.7. The maximum Gasteiger partial charge on any atom is 0.340 e. The first-order valence-corrected chi connectivity index (χ1v) is 12.7. The molecule has 202 valence electrons. The third-order valence-electron chi connectivity index (χ3n) is 7.14. The summed E-state index contributed by atoms with van der Waals surface area (Å²) in [5, 5.41) is 25.9. The molecule has 1 spiro atoms. The Morgan fingerprint density at radius 1 is 0.949 bits per heavy atom. The average Bonchev–Trinajstić information content (AvgIpc) is 3.17. The fourth-order valence-corrected chi connectivity index (χ4v) is 5.23. The van der Waals surface area contributed by atoms with Gasteiger partial charge in [0.2, 0.25) is 11.8 Å². The molecule has 10 heteroatoms. The van der Waals surface area contributed by atoms with E-state index < -0.39 is 23.5 Å². The number of carbonyl (C=O) groups is 3. The number of likely N-dealkylation sites (N-methyl/N-ethyl adjacent to an activating group) is 1. The molecule has 10 nitrogen and oxygen atoms in total. The molecule has 2 heterocycles. The van der Waals surface area contributed by atoms with E-state index in [1.54, 1.807) is 37.4 Å². The molecule has 0 radical (unpaired) electrons. The molecular weight excluding hydrogens is 502 g/mol. The van der Waals surface area contributed by atoms with Crippen molar-refractivity contribution in [2.24, 2.45) is 5.73 Å². The van der Waals surface area contributed by atoms with Crippen molar-refractivity contribution in [2.45, 2.75) is 37.3 Å². The number of hydrogen-bond donors (Lipinski definition) is 5. The van der Waals surface area contributed by atoms with E-state index >= 15 is 0 Å². The van der Waals surface area contributed by atoms with Crippen LogP contribution in [0.4, 0.5) is 0 Å². The maximum atomic E-state index is 13.1. The average molecular weight is 532 g/mol. The van der Waals surface area contributed by atoms with E-state index in [9.17, 15) is 24.6 Å². The standard InChI is InChI=1S/C29H29N3O7/c1-31-23(27(30)36)4-2-3-11-32-26(35)13-16-5-8-19-22(12-16)29(39-28(19)37)20-9-6-17(33)14-24(20)38-25-15-18(34)7-10-21(25)29/h5-10,12,14-15,23,31,33-34H,2-4,11,13H2,1H3,(H2,30,36)(H,32,35)/t23-/m0/s1. The second kappa shape index (κ2) is 10.3. The van der Waals surface area contributed by atoms with Crippen LogP contribution in [0.3, 0.4) is 0 Å². The molecule has 3 aromatic carbocycles. The summed E-state index contributed by atoms with van der Waals surface area (Å²) in [4.78, 5) is 37.1. The van der Waals surface area contributed by atoms with Crippen LogP contribution in [0.1, 0.15) is 51.9 Å². The molecule has 0 bridgehead atoms. The van der Waals surface area contributed by atoms with Gasteiger partial charge in [-0.05, 0) is 68.3 Å². The molecule has 3 aromatic rings. The monoisotopic (exact) mass is 531 g/mol. The Labute approximate surface area is 224 Å². The Morgan fingerprint density at radius 2 is 1.62 bits per heavy atom. The van der Waals surface area contributed by atoms with Crippen molar-refractivity contribution in [3.8, 4) is 23.0 Å². The van der Waals surface area contributed by atoms with Crippen LogP contribution in [0, 0.1) is 0 Å². The topological polar surface area (TPSA) is 160 Å². The van der Waals surface area contributed by atoms with Gasteiger partial charge >= 0.3 is 5.97 Å². The quantitative estimate of drug-likeness (QED) is 0.208. The fourth-order valence-electron chi connectivity index (χ4n) is 5.23. The minimum absolute atomic E-state index is 0.0291. The van der Waals surface area contributed by atoms with E-state index in [2.05, 4.69) is 10.6 Å². The van der Waals surface area contributed by atoms with Gasteiger partial charge in [0.15, 0.2) is 5.60 Å². The first kappa shape index (κ1) is 26.1. The summed E-state index contributed by atoms with van der Waals surface area (Å²) in [5.41, 5.74) is 6.56. The minimum Gasteiger partial charge on any atom is -0.508 e. The number of amides is 2. The lowest BCUT2D eigenvalue weighted by Gasteiger charge is -2.36. The van der Waals surface area contributed by atoms with E-state index in [4.69, 9.17) is 15.2 Å². The maximum absolute atomic E-state index is 13.1. The van der Waals surface area contributed by atoms with E-state index in [0.29, 0.717) is 47.2 Å². The van der Waals surface area contributed by atoms with Crippen molar-refractivity contribution in [2.75, 3.05) is 13.6 Å². The number of hydrogen-bond acceptors (Lipinski definition) is 8. The zero-order valence-electron chi connectivity index (χ0n) is 21.3. The molecule has 2 aliphatic heterocycles. The molecule has 39 heavy (non-hydrogen) atoms. The number of nitrogens with two attached hydrogens (primary N) is 1. The summed E-state index contributed by atoms with van der Waals surface area (Å²) < 4.78 is 12.0. The smallest absolute Gasteiger partial charge is 0.340 e. The molecule has 0 aliphatic carbocycles. The van der Waals surface area contributed by atoms with Gasteiger partial charge in [-0.25, -0.2) is 4.79 Å². The predicted octanol–water partition coefficient (Wildman–Crippen LogP) is 2.57. The van der Waals surface area contributed by atoms with Gasteiger partial charge in [-0.3, -0.25) is 9.59 Å². The number of esters is 1. The number of ether oxygens (including phenoxy) is 2. The van der Waals surface area contributed by atoms with Gasteiger partial charge in [-0.2, -0.15) is 0 Å². The van der Waals surface area contributed by atoms with Crippen molar-refractivity contribution in [1.29, 1.82) is 0 Å². The highest BCUT2D eigenvalue weighted by Gasteiger charge is 2.53. The molecule has 0 fully saturated rings. The molecule has 5 rings (SSSR count). The number of fused-ring (bicyclic) bond motifs is 6. The lowest BCUT2D eigenvalue weighted by atomic mass is 9.77. The Bertz CT molecular complexity index is 1420. The largest absolute Gasteiger partial charge is 0.508 e. The fraction of sp³-hybridized carbons (Fsp3) is 0.276. The lowest BCUT2D eigenvalue weighted by molar-refractivity contribution is -0.121. The Balaban J connectivity index is 1.39. The third kappa shape index (κ3) is 4.74. The zero-order chi connectivity index (χ0) is 27.7. The highest BCUT2D eigenvalue weighted by atomic mass is 16.6. The molecule has 0 aromatic heterocycles. The summed E-state index contributed by atoms with van der Waals surface area (Å²) in [7, 11) is 1.68. The molecule has 1 atom stereocenters. The van der Waals surface area contributed by atoms with Crippen molar-refractivity contribution in [3.05, 3.63) is 82.4 Å². The molecule has 0 saturated carbocycles. The van der Waals surface area contributed by atoms with Gasteiger partial charge in [-0.1, -0.05) is 6.07 Å². The zero-order valence-corrected chi connectivity index (χ0v) is 21.3. The number of carbonyl (C=O) groups excluding carboxylic acids is 3. The van der Waals surface area contributed by atoms with Crippen molar-refractivity contribution in [3.63, 3.8) is 0 Å². The summed E-state index contributed by atoms with van der Waals surface area (Å²) in [5.74, 6) is -0.602. The van der Waals surface area contributed by atoms with Crippen LogP contribution < -0.4 is 21.1 Å². The van der Waals surface area contributed by atoms with Crippen molar-refractivity contribution < 1.29 is 34.1 Å². The molecule has 0 unspecified atom stereocenters. The summed E-state index contributed by atoms with van der Waals surface area (Å²) in [6, 6.07) is 13.9. The normalized spacial score (nSPS) is 14.9. The number of aromatic hydroxyl groups is 2. The van der Waals surface area contributed by atoms with Crippen molar-refractivity contribution >= 4 is 17.8 Å². The minimum atomic E-state index is -1.38. The molecule has 2 amide bonds. The highest BCUT2D eigenvalue weighted by molar-refractivity contribution is 5.97. The number of phenols is 2. The van der Waals surface area contributed by atoms with Gasteiger partial charge < -0.3 is 36.1 Å². The lowest BCUT2D eigenvalue weighted by Crippen LogP contribution is -2.39. The number of rotatable bonds is 9. The number of nitrogens with one attached hydrogen (secondary N) is 2. The first-order chi connectivity index (χ1) is 18.7. The number of phenolic OH excluding ortho intramolecular Hbond substituents is 2. The van der Waals surface area contributed by atoms with Gasteiger partial charge in [-0.15, -0.1) is 0 Å².